The minimum Gasteiger partial charge on any atom is -0.325 e. The number of allylic oxidation sites excluding steroid dienone is 1. The molecule has 1 aromatic carbocycles. The maximum atomic E-state index is 13.1. The van der Waals surface area contributed by atoms with Crippen molar-refractivity contribution in [1.29, 1.82) is 0 Å². The van der Waals surface area contributed by atoms with Gasteiger partial charge in [-0.05, 0) is 55.5 Å². The summed E-state index contributed by atoms with van der Waals surface area (Å²) >= 11 is 8.84. The number of benzene rings is 1. The smallest absolute Gasteiger partial charge is 0.263 e. The Hall–Kier alpha value is -2.09. The topological polar surface area (TPSA) is 64.0 Å². The zero-order valence-electron chi connectivity index (χ0n) is 16.0. The van der Waals surface area contributed by atoms with Crippen molar-refractivity contribution in [2.75, 3.05) is 11.1 Å². The monoisotopic (exact) mass is 445 g/mol. The highest BCUT2D eigenvalue weighted by atomic mass is 35.5. The highest BCUT2D eigenvalue weighted by Crippen LogP contribution is 2.35. The maximum absolute atomic E-state index is 13.1. The molecule has 0 unspecified atom stereocenters. The Bertz CT molecular complexity index is 1180. The van der Waals surface area contributed by atoms with Gasteiger partial charge in [-0.15, -0.1) is 17.9 Å². The third-order valence-corrected chi connectivity index (χ3v) is 7.29. The third-order valence-electron chi connectivity index (χ3n) is 4.90. The molecule has 0 saturated heterocycles. The lowest BCUT2D eigenvalue weighted by Crippen LogP contribution is -2.24. The van der Waals surface area contributed by atoms with E-state index in [1.54, 1.807) is 40.2 Å². The van der Waals surface area contributed by atoms with Crippen molar-refractivity contribution in [3.63, 3.8) is 0 Å². The number of carbonyl (C=O) groups is 1. The fourth-order valence-electron chi connectivity index (χ4n) is 3.54. The Morgan fingerprint density at radius 2 is 2.28 bits per heavy atom. The van der Waals surface area contributed by atoms with E-state index in [9.17, 15) is 9.59 Å². The molecule has 0 spiro atoms. The van der Waals surface area contributed by atoms with Crippen molar-refractivity contribution in [2.45, 2.75) is 37.9 Å². The van der Waals surface area contributed by atoms with E-state index in [-0.39, 0.29) is 17.2 Å². The quantitative estimate of drug-likeness (QED) is 0.335. The molecule has 1 N–H and O–H groups in total. The standard InChI is InChI=1S/C21H20ClN3O2S2/c1-3-9-25-20(27)18-14-5-4-6-16(14)29-19(18)24-21(25)28-11-17(26)23-15-8-7-13(22)10-12(15)2/h3,7-8,10H,1,4-6,9,11H2,2H3,(H,23,26). The number of hydrogen-bond acceptors (Lipinski definition) is 5. The van der Waals surface area contributed by atoms with Crippen LogP contribution < -0.4 is 10.9 Å². The molecular weight excluding hydrogens is 426 g/mol. The number of fused-ring (bicyclic) bond motifs is 3. The van der Waals surface area contributed by atoms with Crippen LogP contribution in [0.1, 0.15) is 22.4 Å². The molecule has 4 rings (SSSR count). The second-order valence-corrected chi connectivity index (χ2v) is 9.39. The van der Waals surface area contributed by atoms with Crippen LogP contribution in [0, 0.1) is 6.92 Å². The van der Waals surface area contributed by atoms with Crippen molar-refractivity contribution < 1.29 is 4.79 Å². The number of aromatic nitrogens is 2. The predicted molar refractivity (Wildman–Crippen MR) is 122 cm³/mol. The van der Waals surface area contributed by atoms with Gasteiger partial charge in [0.25, 0.3) is 5.56 Å². The number of nitrogens with zero attached hydrogens (tertiary/aromatic N) is 2. The SMILES string of the molecule is C=CCn1c(SCC(=O)Nc2ccc(Cl)cc2C)nc2sc3c(c2c1=O)CCC3. The largest absolute Gasteiger partial charge is 0.325 e. The summed E-state index contributed by atoms with van der Waals surface area (Å²) in [7, 11) is 0. The van der Waals surface area contributed by atoms with E-state index in [0.29, 0.717) is 16.7 Å². The number of aryl methyl sites for hydroxylation is 3. The van der Waals surface area contributed by atoms with E-state index in [0.717, 1.165) is 46.3 Å². The predicted octanol–water partition coefficient (Wildman–Crippen LogP) is 4.83. The number of amides is 1. The van der Waals surface area contributed by atoms with Gasteiger partial charge < -0.3 is 5.32 Å². The Morgan fingerprint density at radius 1 is 1.45 bits per heavy atom. The number of thioether (sulfide) groups is 1. The molecule has 0 aliphatic heterocycles. The number of carbonyl (C=O) groups excluding carboxylic acids is 1. The first-order chi connectivity index (χ1) is 14.0. The van der Waals surface area contributed by atoms with Gasteiger partial charge in [0.1, 0.15) is 4.83 Å². The molecule has 29 heavy (non-hydrogen) atoms. The third kappa shape index (κ3) is 3.99. The van der Waals surface area contributed by atoms with Gasteiger partial charge in [0.15, 0.2) is 5.16 Å². The Labute approximate surface area is 181 Å². The number of halogens is 1. The summed E-state index contributed by atoms with van der Waals surface area (Å²) in [5, 5.41) is 4.81. The van der Waals surface area contributed by atoms with Gasteiger partial charge in [-0.25, -0.2) is 4.98 Å². The molecule has 0 fully saturated rings. The number of anilines is 1. The molecule has 8 heteroatoms. The summed E-state index contributed by atoms with van der Waals surface area (Å²) in [6.07, 6.45) is 4.74. The first-order valence-electron chi connectivity index (χ1n) is 9.32. The average molecular weight is 446 g/mol. The first kappa shape index (κ1) is 20.2. The second kappa shape index (κ2) is 8.34. The normalized spacial score (nSPS) is 12.9. The number of thiophene rings is 1. The summed E-state index contributed by atoms with van der Waals surface area (Å²) in [5.41, 5.74) is 2.74. The molecule has 2 aromatic heterocycles. The lowest BCUT2D eigenvalue weighted by atomic mass is 10.2. The summed E-state index contributed by atoms with van der Waals surface area (Å²) < 4.78 is 1.62. The Morgan fingerprint density at radius 3 is 3.03 bits per heavy atom. The van der Waals surface area contributed by atoms with Crippen molar-refractivity contribution >= 4 is 56.5 Å². The van der Waals surface area contributed by atoms with Crippen LogP contribution in [-0.4, -0.2) is 21.2 Å². The fraction of sp³-hybridized carbons (Fsp3) is 0.286. The number of rotatable bonds is 6. The lowest BCUT2D eigenvalue weighted by molar-refractivity contribution is -0.113. The Balaban J connectivity index is 1.58. The van der Waals surface area contributed by atoms with Crippen LogP contribution in [0.3, 0.4) is 0 Å². The van der Waals surface area contributed by atoms with Crippen molar-refractivity contribution in [2.24, 2.45) is 0 Å². The molecule has 3 aromatic rings. The summed E-state index contributed by atoms with van der Waals surface area (Å²) in [6.45, 7) is 6.02. The Kier molecular flexibility index (Phi) is 5.81. The van der Waals surface area contributed by atoms with Gasteiger partial charge in [-0.1, -0.05) is 29.4 Å². The second-order valence-electron chi connectivity index (χ2n) is 6.93. The molecule has 2 heterocycles. The van der Waals surface area contributed by atoms with E-state index < -0.39 is 0 Å². The van der Waals surface area contributed by atoms with E-state index in [4.69, 9.17) is 16.6 Å². The molecule has 0 radical (unpaired) electrons. The van der Waals surface area contributed by atoms with Crippen LogP contribution >= 0.6 is 34.7 Å². The van der Waals surface area contributed by atoms with Crippen LogP contribution in [-0.2, 0) is 24.2 Å². The highest BCUT2D eigenvalue weighted by molar-refractivity contribution is 7.99. The van der Waals surface area contributed by atoms with Crippen LogP contribution in [0.4, 0.5) is 5.69 Å². The molecule has 1 amide bonds. The summed E-state index contributed by atoms with van der Waals surface area (Å²) in [5.74, 6) is -0.00370. The zero-order valence-corrected chi connectivity index (χ0v) is 18.3. The van der Waals surface area contributed by atoms with Crippen molar-refractivity contribution in [3.05, 3.63) is 62.2 Å². The molecule has 5 nitrogen and oxygen atoms in total. The minimum atomic E-state index is -0.159. The van der Waals surface area contributed by atoms with Crippen LogP contribution in [0.2, 0.25) is 5.02 Å². The molecule has 1 aliphatic rings. The van der Waals surface area contributed by atoms with Crippen molar-refractivity contribution in [1.82, 2.24) is 9.55 Å². The molecule has 0 saturated carbocycles. The van der Waals surface area contributed by atoms with Gasteiger partial charge in [-0.3, -0.25) is 14.2 Å². The zero-order chi connectivity index (χ0) is 20.5. The van der Waals surface area contributed by atoms with Gasteiger partial charge in [0.05, 0.1) is 11.1 Å². The average Bonchev–Trinajstić information content (AvgIpc) is 3.25. The summed E-state index contributed by atoms with van der Waals surface area (Å²) in [4.78, 5) is 32.4. The van der Waals surface area contributed by atoms with E-state index in [1.165, 1.54) is 16.6 Å². The first-order valence-corrected chi connectivity index (χ1v) is 11.5. The maximum Gasteiger partial charge on any atom is 0.263 e. The van der Waals surface area contributed by atoms with Gasteiger partial charge in [0.2, 0.25) is 5.91 Å². The molecular formula is C21H20ClN3O2S2. The van der Waals surface area contributed by atoms with E-state index in [2.05, 4.69) is 11.9 Å². The van der Waals surface area contributed by atoms with Crippen LogP contribution in [0.15, 0.2) is 40.8 Å². The summed E-state index contributed by atoms with van der Waals surface area (Å²) in [6, 6.07) is 5.33. The molecule has 0 atom stereocenters. The van der Waals surface area contributed by atoms with Gasteiger partial charge in [0, 0.05) is 22.1 Å². The minimum absolute atomic E-state index is 0.0363. The van der Waals surface area contributed by atoms with Gasteiger partial charge >= 0.3 is 0 Å². The fourth-order valence-corrected chi connectivity index (χ4v) is 5.88. The molecule has 150 valence electrons. The van der Waals surface area contributed by atoms with Crippen molar-refractivity contribution in [3.8, 4) is 0 Å². The van der Waals surface area contributed by atoms with Crippen LogP contribution in [0.5, 0.6) is 0 Å². The van der Waals surface area contributed by atoms with Crippen LogP contribution in [0.25, 0.3) is 10.2 Å². The van der Waals surface area contributed by atoms with E-state index >= 15 is 0 Å². The lowest BCUT2D eigenvalue weighted by Gasteiger charge is -2.11. The van der Waals surface area contributed by atoms with E-state index in [1.807, 2.05) is 6.92 Å². The number of nitrogens with one attached hydrogen (secondary N) is 1. The van der Waals surface area contributed by atoms with Gasteiger partial charge in [-0.2, -0.15) is 0 Å². The molecule has 0 bridgehead atoms. The number of hydrogen-bond donors (Lipinski definition) is 1. The highest BCUT2D eigenvalue weighted by Gasteiger charge is 2.23. The molecule has 1 aliphatic carbocycles.